The number of benzene rings is 2. The smallest absolute Gasteiger partial charge is 0.353 e. The number of aromatic amines is 1. The average Bonchev–Trinajstić information content (AvgIpc) is 3.39. The van der Waals surface area contributed by atoms with Crippen molar-refractivity contribution in [2.24, 2.45) is 0 Å². The Hall–Kier alpha value is -3.60. The van der Waals surface area contributed by atoms with Gasteiger partial charge in [-0.3, -0.25) is 0 Å². The molecule has 4 rings (SSSR count). The molecule has 148 valence electrons. The Labute approximate surface area is 181 Å². The number of H-pyrrole nitrogens is 1. The van der Waals surface area contributed by atoms with Crippen molar-refractivity contribution in [3.63, 3.8) is 0 Å². The zero-order valence-electron chi connectivity index (χ0n) is 15.7. The Kier molecular flexibility index (Phi) is 5.53. The van der Waals surface area contributed by atoms with E-state index in [-0.39, 0.29) is 5.75 Å². The van der Waals surface area contributed by atoms with Crippen LogP contribution in [0.3, 0.4) is 0 Å². The van der Waals surface area contributed by atoms with E-state index in [1.807, 2.05) is 24.3 Å². The van der Waals surface area contributed by atoms with Gasteiger partial charge in [0.2, 0.25) is 0 Å². The van der Waals surface area contributed by atoms with E-state index in [2.05, 4.69) is 16.0 Å². The summed E-state index contributed by atoms with van der Waals surface area (Å²) in [5.41, 5.74) is 2.69. The van der Waals surface area contributed by atoms with E-state index < -0.39 is 5.97 Å². The lowest BCUT2D eigenvalue weighted by molar-refractivity contribution is 0.0735. The van der Waals surface area contributed by atoms with Crippen LogP contribution in [0.4, 0.5) is 0 Å². The number of ether oxygens (including phenoxy) is 2. The lowest BCUT2D eigenvalue weighted by atomic mass is 10.1. The molecule has 2 aromatic heterocycles. The normalized spacial score (nSPS) is 11.3. The molecule has 2 aromatic carbocycles. The molecule has 6 nitrogen and oxygen atoms in total. The molecule has 0 amide bonds. The number of nitrogens with zero attached hydrogens (tertiary/aromatic N) is 2. The first-order valence-corrected chi connectivity index (χ1v) is 9.99. The van der Waals surface area contributed by atoms with Gasteiger partial charge >= 0.3 is 5.97 Å². The fourth-order valence-corrected chi connectivity index (χ4v) is 3.75. The van der Waals surface area contributed by atoms with E-state index in [4.69, 9.17) is 21.1 Å². The number of para-hydroxylation sites is 2. The van der Waals surface area contributed by atoms with E-state index in [1.54, 1.807) is 36.4 Å². The van der Waals surface area contributed by atoms with Crippen molar-refractivity contribution >= 4 is 51.6 Å². The summed E-state index contributed by atoms with van der Waals surface area (Å²) in [5.74, 6) is 0.587. The van der Waals surface area contributed by atoms with Crippen LogP contribution in [0.1, 0.15) is 21.1 Å². The van der Waals surface area contributed by atoms with Crippen molar-refractivity contribution < 1.29 is 14.3 Å². The van der Waals surface area contributed by atoms with Gasteiger partial charge in [0, 0.05) is 0 Å². The second-order valence-electron chi connectivity index (χ2n) is 6.18. The van der Waals surface area contributed by atoms with Crippen LogP contribution in [0.25, 0.3) is 22.7 Å². The zero-order valence-corrected chi connectivity index (χ0v) is 17.3. The van der Waals surface area contributed by atoms with Crippen molar-refractivity contribution in [1.29, 1.82) is 5.26 Å². The van der Waals surface area contributed by atoms with Crippen LogP contribution in [0.2, 0.25) is 4.34 Å². The molecule has 0 fully saturated rings. The van der Waals surface area contributed by atoms with Gasteiger partial charge in [-0.15, -0.1) is 11.3 Å². The minimum absolute atomic E-state index is 0.270. The number of esters is 1. The SMILES string of the molecule is COc1cc(C=C(C#N)c2nc3ccccc3[nH]2)ccc1OC(=O)c1ccc(Cl)s1. The molecule has 4 aromatic rings. The number of methoxy groups -OCH3 is 1. The molecular formula is C22H14ClN3O3S. The van der Waals surface area contributed by atoms with Crippen LogP contribution in [0.5, 0.6) is 11.5 Å². The van der Waals surface area contributed by atoms with Gasteiger partial charge in [0.1, 0.15) is 16.8 Å². The summed E-state index contributed by atoms with van der Waals surface area (Å²) in [7, 11) is 1.48. The van der Waals surface area contributed by atoms with Gasteiger partial charge in [-0.05, 0) is 48.0 Å². The van der Waals surface area contributed by atoms with Gasteiger partial charge in [-0.1, -0.05) is 29.8 Å². The number of allylic oxidation sites excluding steroid dienone is 1. The number of halogens is 1. The van der Waals surface area contributed by atoms with Crippen LogP contribution in [0.15, 0.2) is 54.6 Å². The monoisotopic (exact) mass is 435 g/mol. The molecule has 8 heteroatoms. The van der Waals surface area contributed by atoms with Crippen LogP contribution < -0.4 is 9.47 Å². The summed E-state index contributed by atoms with van der Waals surface area (Å²) < 4.78 is 11.3. The quantitative estimate of drug-likeness (QED) is 0.251. The first-order chi connectivity index (χ1) is 14.6. The molecule has 0 saturated carbocycles. The van der Waals surface area contributed by atoms with Gasteiger partial charge in [-0.2, -0.15) is 5.26 Å². The summed E-state index contributed by atoms with van der Waals surface area (Å²) in [6.07, 6.45) is 1.69. The van der Waals surface area contributed by atoms with Crippen LogP contribution in [-0.4, -0.2) is 23.0 Å². The number of hydrogen-bond donors (Lipinski definition) is 1. The van der Waals surface area contributed by atoms with E-state index in [0.29, 0.717) is 31.9 Å². The molecule has 0 aliphatic rings. The predicted molar refractivity (Wildman–Crippen MR) is 117 cm³/mol. The molecule has 0 atom stereocenters. The minimum atomic E-state index is -0.520. The molecule has 30 heavy (non-hydrogen) atoms. The highest BCUT2D eigenvalue weighted by atomic mass is 35.5. The number of imidazole rings is 1. The fourth-order valence-electron chi connectivity index (χ4n) is 2.83. The summed E-state index contributed by atoms with van der Waals surface area (Å²) in [6, 6.07) is 18.0. The van der Waals surface area contributed by atoms with Gasteiger partial charge in [0.25, 0.3) is 0 Å². The molecule has 0 unspecified atom stereocenters. The van der Waals surface area contributed by atoms with Crippen molar-refractivity contribution in [1.82, 2.24) is 9.97 Å². The fraction of sp³-hybridized carbons (Fsp3) is 0.0455. The third kappa shape index (κ3) is 4.06. The number of nitrogens with one attached hydrogen (secondary N) is 1. The molecular weight excluding hydrogens is 422 g/mol. The summed E-state index contributed by atoms with van der Waals surface area (Å²) in [6.45, 7) is 0. The molecule has 2 heterocycles. The highest BCUT2D eigenvalue weighted by Crippen LogP contribution is 2.31. The Morgan fingerprint density at radius 1 is 1.20 bits per heavy atom. The number of nitriles is 1. The van der Waals surface area contributed by atoms with Crippen LogP contribution >= 0.6 is 22.9 Å². The molecule has 0 saturated heterocycles. The Morgan fingerprint density at radius 2 is 2.03 bits per heavy atom. The van der Waals surface area contributed by atoms with Crippen LogP contribution in [-0.2, 0) is 0 Å². The van der Waals surface area contributed by atoms with Gasteiger partial charge < -0.3 is 14.5 Å². The number of thiophene rings is 1. The van der Waals surface area contributed by atoms with E-state index in [0.717, 1.165) is 22.4 Å². The second-order valence-corrected chi connectivity index (χ2v) is 7.89. The van der Waals surface area contributed by atoms with Crippen molar-refractivity contribution in [3.05, 3.63) is 75.2 Å². The Morgan fingerprint density at radius 3 is 2.73 bits per heavy atom. The number of carbonyl (C=O) groups is 1. The Balaban J connectivity index is 1.62. The molecule has 0 radical (unpaired) electrons. The van der Waals surface area contributed by atoms with Crippen molar-refractivity contribution in [2.75, 3.05) is 7.11 Å². The molecule has 0 bridgehead atoms. The van der Waals surface area contributed by atoms with E-state index in [9.17, 15) is 10.1 Å². The zero-order chi connectivity index (χ0) is 21.1. The predicted octanol–water partition coefficient (Wildman–Crippen LogP) is 5.57. The first-order valence-electron chi connectivity index (χ1n) is 8.80. The number of aromatic nitrogens is 2. The summed E-state index contributed by atoms with van der Waals surface area (Å²) in [4.78, 5) is 20.3. The average molecular weight is 436 g/mol. The number of fused-ring (bicyclic) bond motifs is 1. The molecule has 1 N–H and O–H groups in total. The number of carbonyl (C=O) groups excluding carboxylic acids is 1. The number of rotatable bonds is 5. The second kappa shape index (κ2) is 8.41. The van der Waals surface area contributed by atoms with E-state index in [1.165, 1.54) is 7.11 Å². The largest absolute Gasteiger partial charge is 0.493 e. The third-order valence-electron chi connectivity index (χ3n) is 4.24. The highest BCUT2D eigenvalue weighted by Gasteiger charge is 2.15. The summed E-state index contributed by atoms with van der Waals surface area (Å²) in [5, 5.41) is 9.61. The van der Waals surface area contributed by atoms with E-state index >= 15 is 0 Å². The first kappa shape index (κ1) is 19.7. The summed E-state index contributed by atoms with van der Waals surface area (Å²) >= 11 is 7.01. The highest BCUT2D eigenvalue weighted by molar-refractivity contribution is 7.17. The van der Waals surface area contributed by atoms with Crippen molar-refractivity contribution in [2.45, 2.75) is 0 Å². The molecule has 0 aliphatic carbocycles. The molecule has 0 spiro atoms. The van der Waals surface area contributed by atoms with Gasteiger partial charge in [-0.25, -0.2) is 9.78 Å². The standard InChI is InChI=1S/C22H14ClN3O3S/c1-28-18-11-13(6-7-17(18)29-22(27)19-8-9-20(23)30-19)10-14(12-24)21-25-15-4-2-3-5-16(15)26-21/h2-11H,1H3,(H,25,26). The maximum absolute atomic E-state index is 12.3. The van der Waals surface area contributed by atoms with Crippen molar-refractivity contribution in [3.8, 4) is 17.6 Å². The van der Waals surface area contributed by atoms with Gasteiger partial charge in [0.15, 0.2) is 11.5 Å². The Bertz CT molecular complexity index is 1280. The topological polar surface area (TPSA) is 88.0 Å². The number of hydrogen-bond acceptors (Lipinski definition) is 6. The van der Waals surface area contributed by atoms with Gasteiger partial charge in [0.05, 0.1) is 28.1 Å². The minimum Gasteiger partial charge on any atom is -0.493 e. The molecule has 0 aliphatic heterocycles. The lowest BCUT2D eigenvalue weighted by Gasteiger charge is -2.09. The lowest BCUT2D eigenvalue weighted by Crippen LogP contribution is -2.07. The maximum Gasteiger partial charge on any atom is 0.353 e. The third-order valence-corrected chi connectivity index (χ3v) is 5.45. The maximum atomic E-state index is 12.3. The van der Waals surface area contributed by atoms with Crippen LogP contribution in [0, 0.1) is 11.3 Å².